The number of carboxylic acids is 1. The summed E-state index contributed by atoms with van der Waals surface area (Å²) in [6, 6.07) is 3.26. The summed E-state index contributed by atoms with van der Waals surface area (Å²) < 4.78 is 1.15. The molecule has 0 heterocycles. The maximum Gasteiger partial charge on any atom is 0.327 e. The molecule has 1 aromatic carbocycles. The lowest BCUT2D eigenvalue weighted by Gasteiger charge is -2.28. The zero-order valence-electron chi connectivity index (χ0n) is 10.4. The van der Waals surface area contributed by atoms with Crippen LogP contribution in [0.5, 0.6) is 5.75 Å². The van der Waals surface area contributed by atoms with Gasteiger partial charge in [0.1, 0.15) is 5.75 Å². The molecule has 3 N–H and O–H groups in total. The third-order valence-electron chi connectivity index (χ3n) is 2.71. The average Bonchev–Trinajstić information content (AvgIpc) is 2.30. The Morgan fingerprint density at radius 2 is 1.95 bits per heavy atom. The van der Waals surface area contributed by atoms with Gasteiger partial charge >= 0.3 is 5.97 Å². The van der Waals surface area contributed by atoms with Crippen molar-refractivity contribution in [1.29, 1.82) is 0 Å². The van der Waals surface area contributed by atoms with E-state index < -0.39 is 17.5 Å². The van der Waals surface area contributed by atoms with E-state index in [9.17, 15) is 15.0 Å². The van der Waals surface area contributed by atoms with Gasteiger partial charge in [-0.1, -0.05) is 35.9 Å². The Kier molecular flexibility index (Phi) is 5.18. The van der Waals surface area contributed by atoms with Crippen molar-refractivity contribution in [1.82, 2.24) is 0 Å². The van der Waals surface area contributed by atoms with Crippen LogP contribution in [0.2, 0.25) is 0 Å². The Hall–Kier alpha value is -0.850. The highest BCUT2D eigenvalue weighted by Gasteiger charge is 2.29. The molecule has 1 atom stereocenters. The molecule has 0 aliphatic rings. The topological polar surface area (TPSA) is 77.8 Å². The number of aliphatic hydroxyl groups is 1. The van der Waals surface area contributed by atoms with Gasteiger partial charge < -0.3 is 15.3 Å². The first-order chi connectivity index (χ1) is 8.65. The van der Waals surface area contributed by atoms with Crippen molar-refractivity contribution >= 4 is 37.8 Å². The average molecular weight is 394 g/mol. The molecule has 0 fully saturated rings. The highest BCUT2D eigenvalue weighted by molar-refractivity contribution is 9.11. The van der Waals surface area contributed by atoms with Gasteiger partial charge in [0.05, 0.1) is 10.6 Å². The van der Waals surface area contributed by atoms with Crippen molar-refractivity contribution in [2.75, 3.05) is 0 Å². The number of phenolic OH excluding ortho intramolecular Hbond substituents is 1. The predicted molar refractivity (Wildman–Crippen MR) is 79.0 cm³/mol. The van der Waals surface area contributed by atoms with Crippen molar-refractivity contribution in [2.24, 2.45) is 5.41 Å². The number of benzene rings is 1. The SMILES string of the molecule is CC(C)(/C=C/C(=O)O)[C@@H](O)c1cc(Br)cc(Br)c1O. The van der Waals surface area contributed by atoms with Crippen LogP contribution in [0, 0.1) is 5.41 Å². The summed E-state index contributed by atoms with van der Waals surface area (Å²) in [7, 11) is 0. The number of aromatic hydroxyl groups is 1. The normalized spacial score (nSPS) is 13.7. The lowest BCUT2D eigenvalue weighted by atomic mass is 9.82. The van der Waals surface area contributed by atoms with Crippen LogP contribution in [0.25, 0.3) is 0 Å². The van der Waals surface area contributed by atoms with E-state index in [0.717, 1.165) is 6.08 Å². The third kappa shape index (κ3) is 4.06. The van der Waals surface area contributed by atoms with E-state index in [1.165, 1.54) is 6.08 Å². The Labute approximate surface area is 128 Å². The van der Waals surface area contributed by atoms with E-state index in [2.05, 4.69) is 31.9 Å². The minimum atomic E-state index is -1.08. The first kappa shape index (κ1) is 16.2. The van der Waals surface area contributed by atoms with E-state index in [4.69, 9.17) is 5.11 Å². The summed E-state index contributed by atoms with van der Waals surface area (Å²) in [5.41, 5.74) is -0.517. The van der Waals surface area contributed by atoms with Gasteiger partial charge in [0, 0.05) is 21.5 Å². The predicted octanol–water partition coefficient (Wildman–Crippen LogP) is 3.62. The Bertz CT molecular complexity index is 524. The quantitative estimate of drug-likeness (QED) is 0.682. The summed E-state index contributed by atoms with van der Waals surface area (Å²) in [5.74, 6) is -1.15. The van der Waals surface area contributed by atoms with E-state index in [-0.39, 0.29) is 5.75 Å². The zero-order chi connectivity index (χ0) is 14.8. The Morgan fingerprint density at radius 1 is 1.37 bits per heavy atom. The van der Waals surface area contributed by atoms with Gasteiger partial charge in [0.2, 0.25) is 0 Å². The molecule has 19 heavy (non-hydrogen) atoms. The molecule has 0 aliphatic carbocycles. The van der Waals surface area contributed by atoms with E-state index in [0.29, 0.717) is 14.5 Å². The molecule has 1 rings (SSSR count). The standard InChI is InChI=1S/C13H14Br2O4/c1-13(2,4-3-10(16)17)12(19)8-5-7(14)6-9(15)11(8)18/h3-6,12,18-19H,1-2H3,(H,16,17)/b4-3+/t12-/m0/s1. The Balaban J connectivity index is 3.19. The number of aliphatic carboxylic acids is 1. The summed E-state index contributed by atoms with van der Waals surface area (Å²) in [6.07, 6.45) is 1.33. The number of carbonyl (C=O) groups is 1. The Morgan fingerprint density at radius 3 is 2.47 bits per heavy atom. The van der Waals surface area contributed by atoms with Gasteiger partial charge in [-0.15, -0.1) is 0 Å². The molecule has 1 aromatic rings. The summed E-state index contributed by atoms with van der Waals surface area (Å²) in [6.45, 7) is 3.37. The number of aliphatic hydroxyl groups excluding tert-OH is 1. The zero-order valence-corrected chi connectivity index (χ0v) is 13.6. The van der Waals surface area contributed by atoms with Gasteiger partial charge in [0.25, 0.3) is 0 Å². The summed E-state index contributed by atoms with van der Waals surface area (Å²) in [5, 5.41) is 28.9. The second-order valence-electron chi connectivity index (χ2n) is 4.72. The third-order valence-corrected chi connectivity index (χ3v) is 3.77. The van der Waals surface area contributed by atoms with Gasteiger partial charge in [-0.05, 0) is 28.1 Å². The van der Waals surface area contributed by atoms with E-state index in [1.807, 2.05) is 0 Å². The molecular formula is C13H14Br2O4. The van der Waals surface area contributed by atoms with Crippen LogP contribution in [-0.2, 0) is 4.79 Å². The molecule has 4 nitrogen and oxygen atoms in total. The van der Waals surface area contributed by atoms with Gasteiger partial charge in [-0.3, -0.25) is 0 Å². The minimum Gasteiger partial charge on any atom is -0.506 e. The van der Waals surface area contributed by atoms with Crippen LogP contribution in [0.1, 0.15) is 25.5 Å². The number of halogens is 2. The lowest BCUT2D eigenvalue weighted by Crippen LogP contribution is -2.20. The summed E-state index contributed by atoms with van der Waals surface area (Å²) >= 11 is 6.47. The van der Waals surface area contributed by atoms with E-state index >= 15 is 0 Å². The van der Waals surface area contributed by atoms with E-state index in [1.54, 1.807) is 26.0 Å². The smallest absolute Gasteiger partial charge is 0.327 e. The molecule has 0 aliphatic heterocycles. The molecular weight excluding hydrogens is 380 g/mol. The first-order valence-electron chi connectivity index (χ1n) is 5.43. The van der Waals surface area contributed by atoms with Crippen LogP contribution >= 0.6 is 31.9 Å². The van der Waals surface area contributed by atoms with Crippen LogP contribution < -0.4 is 0 Å². The monoisotopic (exact) mass is 392 g/mol. The fraction of sp³-hybridized carbons (Fsp3) is 0.308. The maximum absolute atomic E-state index is 10.5. The molecule has 0 saturated heterocycles. The second-order valence-corrected chi connectivity index (χ2v) is 6.49. The minimum absolute atomic E-state index is 0.0625. The van der Waals surface area contributed by atoms with Crippen molar-refractivity contribution < 1.29 is 20.1 Å². The molecule has 0 bridgehead atoms. The highest BCUT2D eigenvalue weighted by Crippen LogP contribution is 2.42. The van der Waals surface area contributed by atoms with Crippen LogP contribution in [0.3, 0.4) is 0 Å². The fourth-order valence-corrected chi connectivity index (χ4v) is 2.83. The molecule has 0 spiro atoms. The van der Waals surface area contributed by atoms with Crippen molar-refractivity contribution in [2.45, 2.75) is 20.0 Å². The number of rotatable bonds is 4. The summed E-state index contributed by atoms with van der Waals surface area (Å²) in [4.78, 5) is 10.5. The van der Waals surface area contributed by atoms with Crippen LogP contribution in [0.15, 0.2) is 33.2 Å². The molecule has 0 amide bonds. The van der Waals surface area contributed by atoms with Crippen molar-refractivity contribution in [3.63, 3.8) is 0 Å². The number of hydrogen-bond acceptors (Lipinski definition) is 3. The second kappa shape index (κ2) is 6.07. The molecule has 0 saturated carbocycles. The van der Waals surface area contributed by atoms with Crippen LogP contribution in [-0.4, -0.2) is 21.3 Å². The molecule has 104 valence electrons. The number of hydrogen-bond donors (Lipinski definition) is 3. The maximum atomic E-state index is 10.5. The van der Waals surface area contributed by atoms with Gasteiger partial charge in [-0.2, -0.15) is 0 Å². The highest BCUT2D eigenvalue weighted by atomic mass is 79.9. The molecule has 6 heteroatoms. The number of phenols is 1. The van der Waals surface area contributed by atoms with Crippen molar-refractivity contribution in [3.05, 3.63) is 38.8 Å². The first-order valence-corrected chi connectivity index (χ1v) is 7.02. The fourth-order valence-electron chi connectivity index (χ4n) is 1.57. The van der Waals surface area contributed by atoms with Gasteiger partial charge in [-0.25, -0.2) is 4.79 Å². The molecule has 0 unspecified atom stereocenters. The van der Waals surface area contributed by atoms with Gasteiger partial charge in [0.15, 0.2) is 0 Å². The lowest BCUT2D eigenvalue weighted by molar-refractivity contribution is -0.131. The largest absolute Gasteiger partial charge is 0.506 e. The van der Waals surface area contributed by atoms with Crippen LogP contribution in [0.4, 0.5) is 0 Å². The molecule has 0 aromatic heterocycles. The van der Waals surface area contributed by atoms with Crippen molar-refractivity contribution in [3.8, 4) is 5.75 Å². The molecule has 0 radical (unpaired) electrons. The number of carboxylic acid groups (broad SMARTS) is 1.